The second-order valence-electron chi connectivity index (χ2n) is 10.8. The van der Waals surface area contributed by atoms with Gasteiger partial charge < -0.3 is 14.0 Å². The van der Waals surface area contributed by atoms with Gasteiger partial charge in [-0.05, 0) is 62.1 Å². The first kappa shape index (κ1) is 22.6. The Morgan fingerprint density at radius 1 is 0.943 bits per heavy atom. The summed E-state index contributed by atoms with van der Waals surface area (Å²) in [5.41, 5.74) is 3.97. The predicted octanol–water partition coefficient (Wildman–Crippen LogP) is 4.22. The number of piperidine rings is 2. The van der Waals surface area contributed by atoms with Gasteiger partial charge in [0.2, 0.25) is 5.91 Å². The van der Waals surface area contributed by atoms with E-state index in [4.69, 9.17) is 0 Å². The number of carbonyl (C=O) groups is 1. The van der Waals surface area contributed by atoms with E-state index < -0.39 is 0 Å². The zero-order valence-corrected chi connectivity index (χ0v) is 20.6. The Kier molecular flexibility index (Phi) is 6.23. The highest BCUT2D eigenvalue weighted by molar-refractivity contribution is 5.84. The molecule has 1 aromatic carbocycles. The number of fused-ring (bicyclic) bond motifs is 5. The maximum Gasteiger partial charge on any atom is 0.250 e. The summed E-state index contributed by atoms with van der Waals surface area (Å²) in [5.74, 6) is 1.29. The molecule has 0 aliphatic carbocycles. The molecule has 3 aromatic rings. The normalized spacial score (nSPS) is 22.3. The number of pyridine rings is 1. The second-order valence-corrected chi connectivity index (χ2v) is 10.8. The highest BCUT2D eigenvalue weighted by Gasteiger charge is 2.34. The molecule has 0 radical (unpaired) electrons. The SMILES string of the molecule is O=C(CCCc1cn(CN2C[C@@H]3C[C@H](C2)c2cccc(=O)n2C3)c2ccccc12)N1CCCCC1. The third-order valence-electron chi connectivity index (χ3n) is 8.32. The van der Waals surface area contributed by atoms with Gasteiger partial charge in [0, 0.05) is 73.9 Å². The van der Waals surface area contributed by atoms with E-state index in [1.807, 2.05) is 10.6 Å². The van der Waals surface area contributed by atoms with Gasteiger partial charge in [0.25, 0.3) is 5.56 Å². The van der Waals surface area contributed by atoms with Crippen molar-refractivity contribution in [1.29, 1.82) is 0 Å². The summed E-state index contributed by atoms with van der Waals surface area (Å²) >= 11 is 0. The lowest BCUT2D eigenvalue weighted by atomic mass is 9.83. The van der Waals surface area contributed by atoms with Crippen LogP contribution in [0.25, 0.3) is 10.9 Å². The molecule has 0 N–H and O–H groups in total. The summed E-state index contributed by atoms with van der Waals surface area (Å²) in [6.45, 7) is 5.61. The lowest BCUT2D eigenvalue weighted by Crippen LogP contribution is -2.47. The Labute approximate surface area is 207 Å². The summed E-state index contributed by atoms with van der Waals surface area (Å²) in [4.78, 5) is 29.6. The Morgan fingerprint density at radius 2 is 1.80 bits per heavy atom. The minimum Gasteiger partial charge on any atom is -0.343 e. The van der Waals surface area contributed by atoms with Crippen molar-refractivity contribution in [3.63, 3.8) is 0 Å². The quantitative estimate of drug-likeness (QED) is 0.540. The highest BCUT2D eigenvalue weighted by Crippen LogP contribution is 2.35. The van der Waals surface area contributed by atoms with Crippen LogP contribution in [-0.2, 0) is 24.4 Å². The van der Waals surface area contributed by atoms with Gasteiger partial charge in [-0.1, -0.05) is 24.3 Å². The molecule has 0 saturated carbocycles. The maximum atomic E-state index is 12.6. The molecule has 2 saturated heterocycles. The number of nitrogens with zero attached hydrogens (tertiary/aromatic N) is 4. The zero-order valence-electron chi connectivity index (χ0n) is 20.6. The molecule has 3 aliphatic heterocycles. The summed E-state index contributed by atoms with van der Waals surface area (Å²) in [7, 11) is 0. The van der Waals surface area contributed by atoms with Gasteiger partial charge in [0.05, 0.1) is 6.67 Å². The molecular formula is C29H36N4O2. The van der Waals surface area contributed by atoms with E-state index in [0.29, 0.717) is 24.2 Å². The number of hydrogen-bond acceptors (Lipinski definition) is 3. The first-order chi connectivity index (χ1) is 17.2. The lowest BCUT2D eigenvalue weighted by molar-refractivity contribution is -0.132. The van der Waals surface area contributed by atoms with Gasteiger partial charge in [0.15, 0.2) is 0 Å². The standard InChI is InChI=1S/C29H36N4O2/c34-28(31-14-4-1-5-15-31)12-6-8-23-20-32(27-10-3-2-9-25(23)27)21-30-17-22-16-24(19-30)26-11-7-13-29(35)33(26)18-22/h2-3,7,9-11,13,20,22,24H,1,4-6,8,12,14-19,21H2/t22-,24+/m0/s1. The van der Waals surface area contributed by atoms with Crippen LogP contribution in [0.4, 0.5) is 0 Å². The topological polar surface area (TPSA) is 50.5 Å². The third kappa shape index (κ3) is 4.56. The maximum absolute atomic E-state index is 12.6. The first-order valence-electron chi connectivity index (χ1n) is 13.4. The fourth-order valence-electron chi connectivity index (χ4n) is 6.70. The average molecular weight is 473 g/mol. The minimum atomic E-state index is 0.144. The van der Waals surface area contributed by atoms with Crippen molar-refractivity contribution >= 4 is 16.8 Å². The van der Waals surface area contributed by atoms with Gasteiger partial charge in [-0.3, -0.25) is 14.5 Å². The Bertz CT molecular complexity index is 1270. The molecular weight excluding hydrogens is 436 g/mol. The van der Waals surface area contributed by atoms with Crippen LogP contribution in [0.15, 0.2) is 53.5 Å². The third-order valence-corrected chi connectivity index (χ3v) is 8.32. The van der Waals surface area contributed by atoms with Crippen molar-refractivity contribution < 1.29 is 4.79 Å². The van der Waals surface area contributed by atoms with Crippen molar-refractivity contribution in [3.05, 3.63) is 70.3 Å². The largest absolute Gasteiger partial charge is 0.343 e. The van der Waals surface area contributed by atoms with E-state index in [2.05, 4.69) is 50.9 Å². The van der Waals surface area contributed by atoms with Crippen molar-refractivity contribution in [3.8, 4) is 0 Å². The monoisotopic (exact) mass is 472 g/mol. The number of aromatic nitrogens is 2. The molecule has 1 amide bonds. The van der Waals surface area contributed by atoms with Gasteiger partial charge in [0.1, 0.15) is 0 Å². The van der Waals surface area contributed by atoms with Crippen LogP contribution in [0.2, 0.25) is 0 Å². The van der Waals surface area contributed by atoms with Crippen molar-refractivity contribution in [2.45, 2.75) is 64.1 Å². The molecule has 2 aromatic heterocycles. The van der Waals surface area contributed by atoms with Crippen LogP contribution in [0, 0.1) is 5.92 Å². The van der Waals surface area contributed by atoms with Crippen LogP contribution >= 0.6 is 0 Å². The molecule has 184 valence electrons. The smallest absolute Gasteiger partial charge is 0.250 e. The number of likely N-dealkylation sites (tertiary alicyclic amines) is 2. The van der Waals surface area contributed by atoms with Gasteiger partial charge in [-0.15, -0.1) is 0 Å². The number of carbonyl (C=O) groups excluding carboxylic acids is 1. The van der Waals surface area contributed by atoms with E-state index in [9.17, 15) is 9.59 Å². The van der Waals surface area contributed by atoms with E-state index in [-0.39, 0.29) is 5.56 Å². The van der Waals surface area contributed by atoms with E-state index in [0.717, 1.165) is 65.1 Å². The number of para-hydroxylation sites is 1. The Balaban J connectivity index is 1.15. The van der Waals surface area contributed by atoms with Gasteiger partial charge in [-0.25, -0.2) is 0 Å². The molecule has 2 bridgehead atoms. The van der Waals surface area contributed by atoms with Crippen LogP contribution in [-0.4, -0.2) is 51.0 Å². The summed E-state index contributed by atoms with van der Waals surface area (Å²) in [6, 6.07) is 14.4. The molecule has 2 atom stereocenters. The molecule has 6 nitrogen and oxygen atoms in total. The van der Waals surface area contributed by atoms with E-state index >= 15 is 0 Å². The number of amides is 1. The van der Waals surface area contributed by atoms with Crippen LogP contribution in [0.1, 0.15) is 55.7 Å². The van der Waals surface area contributed by atoms with Crippen LogP contribution < -0.4 is 5.56 Å². The molecule has 0 unspecified atom stereocenters. The van der Waals surface area contributed by atoms with E-state index in [1.54, 1.807) is 6.07 Å². The van der Waals surface area contributed by atoms with Crippen molar-refractivity contribution in [1.82, 2.24) is 18.9 Å². The van der Waals surface area contributed by atoms with Crippen LogP contribution in [0.3, 0.4) is 0 Å². The Hall–Kier alpha value is -2.86. The molecule has 0 spiro atoms. The zero-order chi connectivity index (χ0) is 23.8. The predicted molar refractivity (Wildman–Crippen MR) is 138 cm³/mol. The summed E-state index contributed by atoms with van der Waals surface area (Å²) < 4.78 is 4.40. The number of aryl methyl sites for hydroxylation is 1. The molecule has 2 fully saturated rings. The lowest BCUT2D eigenvalue weighted by Gasteiger charge is -2.42. The number of benzene rings is 1. The summed E-state index contributed by atoms with van der Waals surface area (Å²) in [6.07, 6.45) is 9.55. The van der Waals surface area contributed by atoms with E-state index in [1.165, 1.54) is 35.0 Å². The second kappa shape index (κ2) is 9.65. The highest BCUT2D eigenvalue weighted by atomic mass is 16.2. The minimum absolute atomic E-state index is 0.144. The fourth-order valence-corrected chi connectivity index (χ4v) is 6.70. The van der Waals surface area contributed by atoms with Gasteiger partial charge in [-0.2, -0.15) is 0 Å². The molecule has 3 aliphatic rings. The fraction of sp³-hybridized carbons (Fsp3) is 0.517. The van der Waals surface area contributed by atoms with Crippen molar-refractivity contribution in [2.24, 2.45) is 5.92 Å². The Morgan fingerprint density at radius 3 is 2.69 bits per heavy atom. The summed E-state index contributed by atoms with van der Waals surface area (Å²) in [5, 5.41) is 1.31. The number of hydrogen-bond donors (Lipinski definition) is 0. The first-order valence-corrected chi connectivity index (χ1v) is 13.4. The molecule has 5 heterocycles. The van der Waals surface area contributed by atoms with Crippen molar-refractivity contribution in [2.75, 3.05) is 26.2 Å². The average Bonchev–Trinajstić information content (AvgIpc) is 3.22. The number of rotatable bonds is 6. The molecule has 6 heteroatoms. The van der Waals surface area contributed by atoms with Crippen LogP contribution in [0.5, 0.6) is 0 Å². The van der Waals surface area contributed by atoms with Gasteiger partial charge >= 0.3 is 0 Å². The molecule has 35 heavy (non-hydrogen) atoms. The molecule has 6 rings (SSSR count).